The highest BCUT2D eigenvalue weighted by molar-refractivity contribution is 5.89. The molecule has 0 radical (unpaired) electrons. The molecule has 2 heterocycles. The normalized spacial score (nSPS) is 10.5. The van der Waals surface area contributed by atoms with Gasteiger partial charge in [-0.2, -0.15) is 0 Å². The standard InChI is InChI=1S/C16H13FN4O2/c17-13-3-1-11(2-4-13)9-14-20-21-16(23-14)15(22)19-10-12-5-7-18-8-6-12/h1-8H,9-10H2,(H,19,22). The van der Waals surface area contributed by atoms with Gasteiger partial charge in [-0.15, -0.1) is 10.2 Å². The Morgan fingerprint density at radius 2 is 1.78 bits per heavy atom. The number of nitrogens with zero attached hydrogens (tertiary/aromatic N) is 3. The van der Waals surface area contributed by atoms with E-state index in [9.17, 15) is 9.18 Å². The van der Waals surface area contributed by atoms with Crippen molar-refractivity contribution in [1.29, 1.82) is 0 Å². The highest BCUT2D eigenvalue weighted by atomic mass is 19.1. The van der Waals surface area contributed by atoms with E-state index in [0.29, 0.717) is 18.9 Å². The first-order valence-corrected chi connectivity index (χ1v) is 6.94. The second kappa shape index (κ2) is 6.78. The molecule has 3 rings (SSSR count). The van der Waals surface area contributed by atoms with Gasteiger partial charge in [0.15, 0.2) is 0 Å². The molecule has 0 spiro atoms. The van der Waals surface area contributed by atoms with Crippen LogP contribution in [-0.2, 0) is 13.0 Å². The van der Waals surface area contributed by atoms with Gasteiger partial charge in [0.25, 0.3) is 0 Å². The van der Waals surface area contributed by atoms with Crippen LogP contribution in [0.25, 0.3) is 0 Å². The Morgan fingerprint density at radius 1 is 1.04 bits per heavy atom. The molecule has 1 aromatic carbocycles. The van der Waals surface area contributed by atoms with Gasteiger partial charge in [-0.05, 0) is 35.4 Å². The number of amides is 1. The van der Waals surface area contributed by atoms with Gasteiger partial charge >= 0.3 is 11.8 Å². The average molecular weight is 312 g/mol. The summed E-state index contributed by atoms with van der Waals surface area (Å²) >= 11 is 0. The minimum atomic E-state index is -0.445. The van der Waals surface area contributed by atoms with E-state index in [2.05, 4.69) is 20.5 Å². The van der Waals surface area contributed by atoms with Crippen molar-refractivity contribution in [2.45, 2.75) is 13.0 Å². The Bertz CT molecular complexity index is 787. The Morgan fingerprint density at radius 3 is 2.52 bits per heavy atom. The maximum absolute atomic E-state index is 12.9. The second-order valence-corrected chi connectivity index (χ2v) is 4.84. The predicted octanol–water partition coefficient (Wildman–Crippen LogP) is 2.12. The lowest BCUT2D eigenvalue weighted by Crippen LogP contribution is -2.23. The SMILES string of the molecule is O=C(NCc1ccncc1)c1nnc(Cc2ccc(F)cc2)o1. The van der Waals surface area contributed by atoms with Crippen LogP contribution in [-0.4, -0.2) is 21.1 Å². The van der Waals surface area contributed by atoms with Gasteiger partial charge in [0.05, 0.1) is 6.42 Å². The summed E-state index contributed by atoms with van der Waals surface area (Å²) in [5, 5.41) is 10.2. The first kappa shape index (κ1) is 14.8. The van der Waals surface area contributed by atoms with Crippen molar-refractivity contribution in [3.05, 3.63) is 77.5 Å². The van der Waals surface area contributed by atoms with E-state index in [-0.39, 0.29) is 11.7 Å². The number of carbonyl (C=O) groups excluding carboxylic acids is 1. The zero-order chi connectivity index (χ0) is 16.1. The molecule has 0 aliphatic heterocycles. The van der Waals surface area contributed by atoms with Crippen LogP contribution in [0.2, 0.25) is 0 Å². The number of nitrogens with one attached hydrogen (secondary N) is 1. The highest BCUT2D eigenvalue weighted by Crippen LogP contribution is 2.10. The fourth-order valence-electron chi connectivity index (χ4n) is 1.95. The van der Waals surface area contributed by atoms with Crippen molar-refractivity contribution in [2.24, 2.45) is 0 Å². The Balaban J connectivity index is 1.59. The molecule has 116 valence electrons. The Labute approximate surface area is 131 Å². The lowest BCUT2D eigenvalue weighted by Gasteiger charge is -2.01. The molecular weight excluding hydrogens is 299 g/mol. The Kier molecular flexibility index (Phi) is 4.37. The molecule has 0 bridgehead atoms. The maximum Gasteiger partial charge on any atom is 0.309 e. The molecular formula is C16H13FN4O2. The third-order valence-corrected chi connectivity index (χ3v) is 3.13. The number of carbonyl (C=O) groups is 1. The number of hydrogen-bond donors (Lipinski definition) is 1. The van der Waals surface area contributed by atoms with Gasteiger partial charge in [0, 0.05) is 18.9 Å². The molecule has 0 aliphatic carbocycles. The smallest absolute Gasteiger partial charge is 0.309 e. The van der Waals surface area contributed by atoms with Crippen molar-refractivity contribution < 1.29 is 13.6 Å². The number of pyridine rings is 1. The fourth-order valence-corrected chi connectivity index (χ4v) is 1.95. The van der Waals surface area contributed by atoms with Gasteiger partial charge in [0.2, 0.25) is 5.89 Å². The highest BCUT2D eigenvalue weighted by Gasteiger charge is 2.14. The molecule has 1 N–H and O–H groups in total. The zero-order valence-electron chi connectivity index (χ0n) is 12.1. The summed E-state index contributed by atoms with van der Waals surface area (Å²) in [4.78, 5) is 15.9. The van der Waals surface area contributed by atoms with E-state index < -0.39 is 5.91 Å². The van der Waals surface area contributed by atoms with Crippen LogP contribution in [0.15, 0.2) is 53.2 Å². The van der Waals surface area contributed by atoms with Gasteiger partial charge in [-0.3, -0.25) is 9.78 Å². The molecule has 0 fully saturated rings. The summed E-state index contributed by atoms with van der Waals surface area (Å²) in [6, 6.07) is 9.57. The summed E-state index contributed by atoms with van der Waals surface area (Å²) in [5.74, 6) is -0.558. The maximum atomic E-state index is 12.9. The topological polar surface area (TPSA) is 80.9 Å². The van der Waals surface area contributed by atoms with E-state index >= 15 is 0 Å². The van der Waals surface area contributed by atoms with Crippen LogP contribution in [0.1, 0.15) is 27.7 Å². The van der Waals surface area contributed by atoms with Gasteiger partial charge in [-0.25, -0.2) is 4.39 Å². The number of rotatable bonds is 5. The Hall–Kier alpha value is -3.09. The average Bonchev–Trinajstić information content (AvgIpc) is 3.04. The molecule has 3 aromatic rings. The number of hydrogen-bond acceptors (Lipinski definition) is 5. The molecule has 7 heteroatoms. The minimum Gasteiger partial charge on any atom is -0.417 e. The van der Waals surface area contributed by atoms with E-state index in [1.165, 1.54) is 12.1 Å². The molecule has 0 saturated carbocycles. The van der Waals surface area contributed by atoms with Crippen molar-refractivity contribution in [2.75, 3.05) is 0 Å². The monoisotopic (exact) mass is 312 g/mol. The van der Waals surface area contributed by atoms with Crippen molar-refractivity contribution in [3.63, 3.8) is 0 Å². The van der Waals surface area contributed by atoms with Crippen LogP contribution in [0.3, 0.4) is 0 Å². The van der Waals surface area contributed by atoms with Crippen LogP contribution in [0.5, 0.6) is 0 Å². The molecule has 0 atom stereocenters. The van der Waals surface area contributed by atoms with Crippen molar-refractivity contribution in [3.8, 4) is 0 Å². The van der Waals surface area contributed by atoms with Crippen LogP contribution < -0.4 is 5.32 Å². The van der Waals surface area contributed by atoms with Crippen LogP contribution in [0, 0.1) is 5.82 Å². The molecule has 6 nitrogen and oxygen atoms in total. The van der Waals surface area contributed by atoms with E-state index in [1.807, 2.05) is 0 Å². The number of aromatic nitrogens is 3. The molecule has 23 heavy (non-hydrogen) atoms. The first-order chi connectivity index (χ1) is 11.2. The second-order valence-electron chi connectivity index (χ2n) is 4.84. The van der Waals surface area contributed by atoms with E-state index in [1.54, 1.807) is 36.7 Å². The fraction of sp³-hybridized carbons (Fsp3) is 0.125. The van der Waals surface area contributed by atoms with Gasteiger partial charge in [0.1, 0.15) is 5.82 Å². The van der Waals surface area contributed by atoms with Gasteiger partial charge in [-0.1, -0.05) is 12.1 Å². The summed E-state index contributed by atoms with van der Waals surface area (Å²) < 4.78 is 18.2. The minimum absolute atomic E-state index is 0.101. The summed E-state index contributed by atoms with van der Waals surface area (Å²) in [7, 11) is 0. The third-order valence-electron chi connectivity index (χ3n) is 3.13. The molecule has 0 aliphatic rings. The number of halogens is 1. The quantitative estimate of drug-likeness (QED) is 0.780. The predicted molar refractivity (Wildman–Crippen MR) is 78.9 cm³/mol. The summed E-state index contributed by atoms with van der Waals surface area (Å²) in [6.07, 6.45) is 3.63. The lowest BCUT2D eigenvalue weighted by molar-refractivity contribution is 0.0914. The van der Waals surface area contributed by atoms with E-state index in [4.69, 9.17) is 4.42 Å². The largest absolute Gasteiger partial charge is 0.417 e. The van der Waals surface area contributed by atoms with Crippen molar-refractivity contribution in [1.82, 2.24) is 20.5 Å². The molecule has 0 saturated heterocycles. The van der Waals surface area contributed by atoms with Crippen LogP contribution >= 0.6 is 0 Å². The first-order valence-electron chi connectivity index (χ1n) is 6.94. The molecule has 1 amide bonds. The van der Waals surface area contributed by atoms with Crippen LogP contribution in [0.4, 0.5) is 4.39 Å². The number of benzene rings is 1. The lowest BCUT2D eigenvalue weighted by atomic mass is 10.1. The molecule has 0 unspecified atom stereocenters. The zero-order valence-corrected chi connectivity index (χ0v) is 12.1. The summed E-state index contributed by atoms with van der Waals surface area (Å²) in [6.45, 7) is 0.344. The third kappa shape index (κ3) is 3.97. The summed E-state index contributed by atoms with van der Waals surface area (Å²) in [5.41, 5.74) is 1.73. The van der Waals surface area contributed by atoms with Gasteiger partial charge < -0.3 is 9.73 Å². The van der Waals surface area contributed by atoms with E-state index in [0.717, 1.165) is 11.1 Å². The van der Waals surface area contributed by atoms with Crippen molar-refractivity contribution >= 4 is 5.91 Å². The molecule has 2 aromatic heterocycles.